The normalized spacial score (nSPS) is 21.4. The third kappa shape index (κ3) is 3.64. The maximum atomic E-state index is 11.9. The monoisotopic (exact) mass is 328 g/mol. The smallest absolute Gasteiger partial charge is 0.222 e. The van der Waals surface area contributed by atoms with Gasteiger partial charge in [-0.15, -0.1) is 0 Å². The van der Waals surface area contributed by atoms with Gasteiger partial charge in [-0.05, 0) is 37.5 Å². The lowest BCUT2D eigenvalue weighted by atomic mass is 9.89. The standard InChI is InChI=1S/C20H28N2O2/c1-4-15-13-22(20(23)5-2)9-8-18(15)21-12-17-11-16-10-14(3)6-7-19(16)24-17/h6-7,10-11,15,18,21H,4-5,8-9,12-13H2,1-3H3/t15-,18+/m0/s1. The Morgan fingerprint density at radius 1 is 1.33 bits per heavy atom. The van der Waals surface area contributed by atoms with Crippen molar-refractivity contribution in [1.82, 2.24) is 10.2 Å². The van der Waals surface area contributed by atoms with Crippen molar-refractivity contribution in [1.29, 1.82) is 0 Å². The quantitative estimate of drug-likeness (QED) is 0.906. The number of aryl methyl sites for hydroxylation is 1. The Kier molecular flexibility index (Phi) is 5.24. The van der Waals surface area contributed by atoms with Crippen LogP contribution in [0.4, 0.5) is 0 Å². The summed E-state index contributed by atoms with van der Waals surface area (Å²) >= 11 is 0. The van der Waals surface area contributed by atoms with Crippen LogP contribution in [-0.4, -0.2) is 29.9 Å². The largest absolute Gasteiger partial charge is 0.460 e. The molecule has 2 heterocycles. The lowest BCUT2D eigenvalue weighted by Crippen LogP contribution is -2.50. The number of hydrogen-bond donors (Lipinski definition) is 1. The number of nitrogens with one attached hydrogen (secondary N) is 1. The van der Waals surface area contributed by atoms with E-state index in [9.17, 15) is 4.79 Å². The maximum absolute atomic E-state index is 11.9. The molecular weight excluding hydrogens is 300 g/mol. The van der Waals surface area contributed by atoms with Crippen molar-refractivity contribution < 1.29 is 9.21 Å². The molecule has 2 aromatic rings. The van der Waals surface area contributed by atoms with E-state index >= 15 is 0 Å². The van der Waals surface area contributed by atoms with Crippen LogP contribution in [-0.2, 0) is 11.3 Å². The molecule has 1 saturated heterocycles. The van der Waals surface area contributed by atoms with Crippen LogP contribution in [0.2, 0.25) is 0 Å². The Morgan fingerprint density at radius 3 is 2.92 bits per heavy atom. The Morgan fingerprint density at radius 2 is 2.17 bits per heavy atom. The zero-order valence-electron chi connectivity index (χ0n) is 15.0. The molecule has 3 rings (SSSR count). The molecule has 1 fully saturated rings. The van der Waals surface area contributed by atoms with Gasteiger partial charge in [0, 0.05) is 30.9 Å². The van der Waals surface area contributed by atoms with Crippen LogP contribution in [0.5, 0.6) is 0 Å². The SMILES string of the molecule is CCC(=O)N1CC[C@@H](NCc2cc3cc(C)ccc3o2)[C@@H](CC)C1. The minimum absolute atomic E-state index is 0.277. The molecule has 0 aliphatic carbocycles. The van der Waals surface area contributed by atoms with Crippen molar-refractivity contribution >= 4 is 16.9 Å². The third-order valence-corrected chi connectivity index (χ3v) is 5.17. The van der Waals surface area contributed by atoms with Gasteiger partial charge in [0.2, 0.25) is 5.91 Å². The summed E-state index contributed by atoms with van der Waals surface area (Å²) < 4.78 is 5.93. The first-order chi connectivity index (χ1) is 11.6. The zero-order valence-corrected chi connectivity index (χ0v) is 15.0. The van der Waals surface area contributed by atoms with E-state index in [0.717, 1.165) is 43.8 Å². The van der Waals surface area contributed by atoms with Gasteiger partial charge in [0.25, 0.3) is 0 Å². The topological polar surface area (TPSA) is 45.5 Å². The predicted molar refractivity (Wildman–Crippen MR) is 96.8 cm³/mol. The Bertz CT molecular complexity index is 707. The lowest BCUT2D eigenvalue weighted by molar-refractivity contribution is -0.133. The van der Waals surface area contributed by atoms with Crippen LogP contribution in [0.15, 0.2) is 28.7 Å². The molecule has 1 aromatic carbocycles. The first-order valence-electron chi connectivity index (χ1n) is 9.11. The van der Waals surface area contributed by atoms with E-state index in [4.69, 9.17) is 4.42 Å². The summed E-state index contributed by atoms with van der Waals surface area (Å²) in [6.07, 6.45) is 2.71. The van der Waals surface area contributed by atoms with E-state index in [1.807, 2.05) is 17.9 Å². The summed E-state index contributed by atoms with van der Waals surface area (Å²) in [4.78, 5) is 14.0. The summed E-state index contributed by atoms with van der Waals surface area (Å²) in [5.41, 5.74) is 2.20. The number of fused-ring (bicyclic) bond motifs is 1. The molecule has 1 aromatic heterocycles. The molecule has 0 unspecified atom stereocenters. The summed E-state index contributed by atoms with van der Waals surface area (Å²) in [6, 6.07) is 8.86. The molecule has 0 bridgehead atoms. The van der Waals surface area contributed by atoms with Crippen LogP contribution in [0.3, 0.4) is 0 Å². The van der Waals surface area contributed by atoms with Gasteiger partial charge in [-0.25, -0.2) is 0 Å². The van der Waals surface area contributed by atoms with E-state index in [1.165, 1.54) is 10.9 Å². The highest BCUT2D eigenvalue weighted by Crippen LogP contribution is 2.23. The number of rotatable bonds is 5. The molecular formula is C20H28N2O2. The van der Waals surface area contributed by atoms with Crippen molar-refractivity contribution in [2.75, 3.05) is 13.1 Å². The van der Waals surface area contributed by atoms with Crippen molar-refractivity contribution in [3.8, 4) is 0 Å². The van der Waals surface area contributed by atoms with E-state index in [1.54, 1.807) is 0 Å². The van der Waals surface area contributed by atoms with Crippen LogP contribution in [0.25, 0.3) is 11.0 Å². The fourth-order valence-electron chi connectivity index (χ4n) is 3.70. The average molecular weight is 328 g/mol. The number of benzene rings is 1. The Hall–Kier alpha value is -1.81. The molecule has 1 aliphatic heterocycles. The number of carbonyl (C=O) groups excluding carboxylic acids is 1. The molecule has 24 heavy (non-hydrogen) atoms. The first-order valence-corrected chi connectivity index (χ1v) is 9.11. The van der Waals surface area contributed by atoms with Gasteiger partial charge >= 0.3 is 0 Å². The number of furan rings is 1. The summed E-state index contributed by atoms with van der Waals surface area (Å²) in [5, 5.41) is 4.83. The van der Waals surface area contributed by atoms with Crippen LogP contribution < -0.4 is 5.32 Å². The van der Waals surface area contributed by atoms with Crippen LogP contribution in [0, 0.1) is 12.8 Å². The second-order valence-electron chi connectivity index (χ2n) is 6.89. The van der Waals surface area contributed by atoms with Gasteiger partial charge < -0.3 is 14.6 Å². The van der Waals surface area contributed by atoms with Gasteiger partial charge in [0.1, 0.15) is 11.3 Å². The Labute approximate surface area is 144 Å². The molecule has 1 aliphatic rings. The van der Waals surface area contributed by atoms with Gasteiger partial charge in [0.05, 0.1) is 6.54 Å². The summed E-state index contributed by atoms with van der Waals surface area (Å²) in [7, 11) is 0. The first kappa shape index (κ1) is 17.0. The minimum atomic E-state index is 0.277. The number of piperidine rings is 1. The van der Waals surface area contributed by atoms with Crippen molar-refractivity contribution in [2.45, 2.75) is 52.6 Å². The second-order valence-corrected chi connectivity index (χ2v) is 6.89. The predicted octanol–water partition coefficient (Wildman–Crippen LogP) is 3.87. The molecule has 4 nitrogen and oxygen atoms in total. The molecule has 0 radical (unpaired) electrons. The van der Waals surface area contributed by atoms with Gasteiger partial charge in [-0.1, -0.05) is 31.9 Å². The van der Waals surface area contributed by atoms with Gasteiger partial charge in [0.15, 0.2) is 0 Å². The van der Waals surface area contributed by atoms with E-state index < -0.39 is 0 Å². The minimum Gasteiger partial charge on any atom is -0.460 e. The number of amides is 1. The van der Waals surface area contributed by atoms with Crippen LogP contribution in [0.1, 0.15) is 44.4 Å². The molecule has 2 atom stereocenters. The molecule has 1 N–H and O–H groups in total. The van der Waals surface area contributed by atoms with E-state index in [-0.39, 0.29) is 5.91 Å². The molecule has 0 spiro atoms. The molecule has 0 saturated carbocycles. The fraction of sp³-hybridized carbons (Fsp3) is 0.550. The van der Waals surface area contributed by atoms with Crippen molar-refractivity contribution in [3.05, 3.63) is 35.6 Å². The van der Waals surface area contributed by atoms with E-state index in [2.05, 4.69) is 37.4 Å². The molecule has 130 valence electrons. The lowest BCUT2D eigenvalue weighted by Gasteiger charge is -2.38. The van der Waals surface area contributed by atoms with Crippen molar-refractivity contribution in [2.24, 2.45) is 5.92 Å². The summed E-state index contributed by atoms with van der Waals surface area (Å²) in [5.74, 6) is 1.78. The molecule has 1 amide bonds. The summed E-state index contributed by atoms with van der Waals surface area (Å²) in [6.45, 7) is 8.73. The highest BCUT2D eigenvalue weighted by molar-refractivity contribution is 5.78. The average Bonchev–Trinajstić information content (AvgIpc) is 3.01. The maximum Gasteiger partial charge on any atom is 0.222 e. The third-order valence-electron chi connectivity index (χ3n) is 5.17. The van der Waals surface area contributed by atoms with Gasteiger partial charge in [-0.3, -0.25) is 4.79 Å². The highest BCUT2D eigenvalue weighted by atomic mass is 16.3. The number of likely N-dealkylation sites (tertiary alicyclic amines) is 1. The number of carbonyl (C=O) groups is 1. The number of nitrogens with zero attached hydrogens (tertiary/aromatic N) is 1. The fourth-order valence-corrected chi connectivity index (χ4v) is 3.70. The second kappa shape index (κ2) is 7.39. The van der Waals surface area contributed by atoms with Gasteiger partial charge in [-0.2, -0.15) is 0 Å². The molecule has 4 heteroatoms. The highest BCUT2D eigenvalue weighted by Gasteiger charge is 2.29. The number of hydrogen-bond acceptors (Lipinski definition) is 3. The van der Waals surface area contributed by atoms with Crippen LogP contribution >= 0.6 is 0 Å². The van der Waals surface area contributed by atoms with Crippen molar-refractivity contribution in [3.63, 3.8) is 0 Å². The zero-order chi connectivity index (χ0) is 17.1. The van der Waals surface area contributed by atoms with E-state index in [0.29, 0.717) is 18.4 Å². The Balaban J connectivity index is 1.61.